The van der Waals surface area contributed by atoms with E-state index in [-0.39, 0.29) is 0 Å². The zero-order chi connectivity index (χ0) is 7.19. The maximum Gasteiger partial charge on any atom is 0.451 e. The van der Waals surface area contributed by atoms with Crippen LogP contribution in [0.15, 0.2) is 0 Å². The summed E-state index contributed by atoms with van der Waals surface area (Å²) in [6.07, 6.45) is 5.90. The van der Waals surface area contributed by atoms with Crippen LogP contribution in [0.3, 0.4) is 0 Å². The molecule has 2 N–H and O–H groups in total. The van der Waals surface area contributed by atoms with Crippen LogP contribution in [0, 0.1) is 11.3 Å². The molecule has 2 fully saturated rings. The van der Waals surface area contributed by atoms with E-state index in [0.717, 1.165) is 0 Å². The van der Waals surface area contributed by atoms with E-state index in [1.165, 1.54) is 25.7 Å². The van der Waals surface area contributed by atoms with Crippen LogP contribution < -0.4 is 0 Å². The van der Waals surface area contributed by atoms with Gasteiger partial charge in [-0.05, 0) is 43.3 Å². The van der Waals surface area contributed by atoms with Gasteiger partial charge in [0, 0.05) is 0 Å². The molecule has 0 radical (unpaired) electrons. The fourth-order valence-corrected chi connectivity index (χ4v) is 2.21. The number of hydrogen-bond donors (Lipinski definition) is 2. The second-order valence-electron chi connectivity index (χ2n) is 3.99. The van der Waals surface area contributed by atoms with E-state index in [2.05, 4.69) is 0 Å². The maximum absolute atomic E-state index is 8.63. The molecule has 2 aliphatic rings. The van der Waals surface area contributed by atoms with Crippen molar-refractivity contribution in [3.8, 4) is 0 Å². The van der Waals surface area contributed by atoms with Crippen LogP contribution in [0.2, 0.25) is 6.32 Å². The highest BCUT2D eigenvalue weighted by Crippen LogP contribution is 2.64. The molecule has 2 nitrogen and oxygen atoms in total. The van der Waals surface area contributed by atoms with Crippen molar-refractivity contribution < 1.29 is 10.0 Å². The Labute approximate surface area is 61.4 Å². The van der Waals surface area contributed by atoms with Crippen LogP contribution >= 0.6 is 0 Å². The Balaban J connectivity index is 1.70. The molecule has 10 heavy (non-hydrogen) atoms. The second-order valence-corrected chi connectivity index (χ2v) is 3.99. The number of hydrogen-bond acceptors (Lipinski definition) is 2. The van der Waals surface area contributed by atoms with Crippen LogP contribution in [0.5, 0.6) is 0 Å². The van der Waals surface area contributed by atoms with Crippen molar-refractivity contribution in [3.05, 3.63) is 0 Å². The smallest absolute Gasteiger partial charge is 0.427 e. The highest BCUT2D eigenvalue weighted by Gasteiger charge is 2.52. The Bertz CT molecular complexity index is 132. The highest BCUT2D eigenvalue weighted by atomic mass is 16.4. The van der Waals surface area contributed by atoms with Gasteiger partial charge in [0.15, 0.2) is 0 Å². The third-order valence-electron chi connectivity index (χ3n) is 2.94. The molecule has 0 atom stereocenters. The van der Waals surface area contributed by atoms with Gasteiger partial charge in [-0.15, -0.1) is 0 Å². The molecule has 0 aromatic rings. The van der Waals surface area contributed by atoms with E-state index >= 15 is 0 Å². The zero-order valence-electron chi connectivity index (χ0n) is 6.08. The molecule has 3 heteroatoms. The minimum atomic E-state index is -1.07. The fraction of sp³-hybridized carbons (Fsp3) is 1.00. The summed E-state index contributed by atoms with van der Waals surface area (Å²) in [5.41, 5.74) is 0.708. The summed E-state index contributed by atoms with van der Waals surface area (Å²) in [7, 11) is -1.07. The third-order valence-corrected chi connectivity index (χ3v) is 2.94. The quantitative estimate of drug-likeness (QED) is 0.552. The molecule has 2 aliphatic carbocycles. The van der Waals surface area contributed by atoms with Gasteiger partial charge in [0.25, 0.3) is 0 Å². The summed E-state index contributed by atoms with van der Waals surface area (Å²) in [5.74, 6) is 0.613. The molecule has 0 unspecified atom stereocenters. The molecule has 0 heterocycles. The van der Waals surface area contributed by atoms with Gasteiger partial charge >= 0.3 is 7.12 Å². The fourth-order valence-electron chi connectivity index (χ4n) is 2.21. The van der Waals surface area contributed by atoms with Gasteiger partial charge in [-0.2, -0.15) is 0 Å². The first kappa shape index (κ1) is 6.68. The summed E-state index contributed by atoms with van der Waals surface area (Å²) >= 11 is 0. The summed E-state index contributed by atoms with van der Waals surface area (Å²) in [6.45, 7) is 0. The molecular formula is C7H13BO2. The Hall–Kier alpha value is -0.0151. The van der Waals surface area contributed by atoms with Crippen molar-refractivity contribution in [2.75, 3.05) is 0 Å². The van der Waals surface area contributed by atoms with E-state index < -0.39 is 7.12 Å². The highest BCUT2D eigenvalue weighted by molar-refractivity contribution is 6.41. The minimum Gasteiger partial charge on any atom is -0.427 e. The third kappa shape index (κ3) is 1.08. The molecule has 0 amide bonds. The van der Waals surface area contributed by atoms with Gasteiger partial charge in [0.1, 0.15) is 0 Å². The Morgan fingerprint density at radius 3 is 2.30 bits per heavy atom. The van der Waals surface area contributed by atoms with E-state index in [4.69, 9.17) is 10.0 Å². The van der Waals surface area contributed by atoms with Crippen molar-refractivity contribution in [2.45, 2.75) is 32.0 Å². The van der Waals surface area contributed by atoms with Crippen LogP contribution in [0.1, 0.15) is 25.7 Å². The molecule has 2 saturated carbocycles. The van der Waals surface area contributed by atoms with Crippen molar-refractivity contribution in [1.29, 1.82) is 0 Å². The van der Waals surface area contributed by atoms with E-state index in [9.17, 15) is 0 Å². The molecule has 0 bridgehead atoms. The van der Waals surface area contributed by atoms with E-state index in [0.29, 0.717) is 17.7 Å². The average molecular weight is 140 g/mol. The van der Waals surface area contributed by atoms with Crippen molar-refractivity contribution >= 4 is 7.12 Å². The van der Waals surface area contributed by atoms with Crippen molar-refractivity contribution in [3.63, 3.8) is 0 Å². The lowest BCUT2D eigenvalue weighted by Crippen LogP contribution is -2.29. The topological polar surface area (TPSA) is 40.5 Å². The van der Waals surface area contributed by atoms with Crippen LogP contribution in [-0.2, 0) is 0 Å². The van der Waals surface area contributed by atoms with Crippen molar-refractivity contribution in [1.82, 2.24) is 0 Å². The van der Waals surface area contributed by atoms with Gasteiger partial charge in [-0.1, -0.05) is 0 Å². The molecule has 0 aromatic heterocycles. The molecule has 0 aliphatic heterocycles. The standard InChI is InChI=1S/C7H13BO2/c9-8(10)5-6-3-7(4-6)1-2-7/h6,9-10H,1-5H2. The lowest BCUT2D eigenvalue weighted by atomic mass is 9.63. The predicted molar refractivity (Wildman–Crippen MR) is 39.4 cm³/mol. The normalized spacial score (nSPS) is 28.2. The average Bonchev–Trinajstić information content (AvgIpc) is 2.41. The monoisotopic (exact) mass is 140 g/mol. The van der Waals surface area contributed by atoms with Crippen LogP contribution in [0.25, 0.3) is 0 Å². The first-order valence-electron chi connectivity index (χ1n) is 4.06. The summed E-state index contributed by atoms with van der Waals surface area (Å²) < 4.78 is 0. The largest absolute Gasteiger partial charge is 0.451 e. The van der Waals surface area contributed by atoms with E-state index in [1.54, 1.807) is 0 Å². The van der Waals surface area contributed by atoms with Gasteiger partial charge in [0.05, 0.1) is 0 Å². The molecule has 0 saturated heterocycles. The zero-order valence-corrected chi connectivity index (χ0v) is 6.08. The van der Waals surface area contributed by atoms with Gasteiger partial charge < -0.3 is 10.0 Å². The summed E-state index contributed by atoms with van der Waals surface area (Å²) in [5, 5.41) is 17.3. The summed E-state index contributed by atoms with van der Waals surface area (Å²) in [4.78, 5) is 0. The molecule has 56 valence electrons. The molecule has 1 spiro atoms. The SMILES string of the molecule is OB(O)CC1CC2(CC2)C1. The van der Waals surface area contributed by atoms with Crippen molar-refractivity contribution in [2.24, 2.45) is 11.3 Å². The van der Waals surface area contributed by atoms with Gasteiger partial charge in [0.2, 0.25) is 0 Å². The molecule has 2 rings (SSSR count). The Morgan fingerprint density at radius 1 is 1.30 bits per heavy atom. The first-order chi connectivity index (χ1) is 4.70. The lowest BCUT2D eigenvalue weighted by molar-refractivity contribution is 0.177. The van der Waals surface area contributed by atoms with Gasteiger partial charge in [-0.25, -0.2) is 0 Å². The first-order valence-corrected chi connectivity index (χ1v) is 4.06. The molecule has 0 aromatic carbocycles. The van der Waals surface area contributed by atoms with E-state index in [1.807, 2.05) is 0 Å². The molecular weight excluding hydrogens is 127 g/mol. The predicted octanol–water partition coefficient (Wildman–Crippen LogP) is 0.649. The Morgan fingerprint density at radius 2 is 1.90 bits per heavy atom. The maximum atomic E-state index is 8.63. The summed E-state index contributed by atoms with van der Waals surface area (Å²) in [6, 6.07) is 0. The van der Waals surface area contributed by atoms with Crippen LogP contribution in [-0.4, -0.2) is 17.2 Å². The van der Waals surface area contributed by atoms with Gasteiger partial charge in [-0.3, -0.25) is 0 Å². The number of rotatable bonds is 2. The minimum absolute atomic E-state index is 0.599. The van der Waals surface area contributed by atoms with Crippen LogP contribution in [0.4, 0.5) is 0 Å². The Kier molecular flexibility index (Phi) is 1.33. The lowest BCUT2D eigenvalue weighted by Gasteiger charge is -2.35. The second kappa shape index (κ2) is 1.99.